The molecule has 5 rings (SSSR count). The van der Waals surface area contributed by atoms with Gasteiger partial charge in [0, 0.05) is 32.8 Å². The van der Waals surface area contributed by atoms with Gasteiger partial charge in [0.15, 0.2) is 11.9 Å². The smallest absolute Gasteiger partial charge is 0.257 e. The fourth-order valence-electron chi connectivity index (χ4n) is 5.27. The summed E-state index contributed by atoms with van der Waals surface area (Å²) in [5, 5.41) is 3.69. The van der Waals surface area contributed by atoms with E-state index < -0.39 is 0 Å². The highest BCUT2D eigenvalue weighted by molar-refractivity contribution is 5.36. The summed E-state index contributed by atoms with van der Waals surface area (Å²) in [4.78, 5) is 14.9. The minimum atomic E-state index is -0.0981. The van der Waals surface area contributed by atoms with Gasteiger partial charge in [0.2, 0.25) is 0 Å². The molecule has 1 aliphatic carbocycles. The number of aromatic nitrogens is 1. The lowest BCUT2D eigenvalue weighted by atomic mass is 9.85. The number of nitrogens with zero attached hydrogens (tertiary/aromatic N) is 2. The summed E-state index contributed by atoms with van der Waals surface area (Å²) in [6.07, 6.45) is 4.24. The summed E-state index contributed by atoms with van der Waals surface area (Å²) in [5.41, 5.74) is 2.94. The molecule has 1 N–H and O–H groups in total. The average molecular weight is 412 g/mol. The largest absolute Gasteiger partial charge is 0.484 e. The van der Waals surface area contributed by atoms with Crippen LogP contribution in [0, 0.1) is 5.41 Å². The van der Waals surface area contributed by atoms with E-state index in [0.29, 0.717) is 30.0 Å². The van der Waals surface area contributed by atoms with Crippen LogP contribution in [-0.2, 0) is 11.3 Å². The molecule has 6 heteroatoms. The molecule has 1 saturated heterocycles. The first-order valence-corrected chi connectivity index (χ1v) is 10.7. The molecule has 3 aliphatic rings. The molecule has 0 spiro atoms. The molecule has 3 unspecified atom stereocenters. The van der Waals surface area contributed by atoms with Crippen molar-refractivity contribution in [1.82, 2.24) is 15.2 Å². The van der Waals surface area contributed by atoms with Crippen molar-refractivity contribution in [2.24, 2.45) is 5.41 Å². The molecule has 1 saturated carbocycles. The Morgan fingerprint density at radius 2 is 2.10 bits per heavy atom. The van der Waals surface area contributed by atoms with Gasteiger partial charge >= 0.3 is 0 Å². The first-order valence-electron chi connectivity index (χ1n) is 10.7. The first kappa shape index (κ1) is 20.8. The van der Waals surface area contributed by atoms with Crippen LogP contribution in [0.5, 0.6) is 11.6 Å². The number of benzene rings is 1. The minimum absolute atomic E-state index is 0. The van der Waals surface area contributed by atoms with Gasteiger partial charge in [-0.15, -0.1) is 0 Å². The van der Waals surface area contributed by atoms with Crippen molar-refractivity contribution in [1.29, 1.82) is 0 Å². The van der Waals surface area contributed by atoms with Crippen molar-refractivity contribution in [2.75, 3.05) is 19.7 Å². The van der Waals surface area contributed by atoms with Crippen LogP contribution in [0.3, 0.4) is 0 Å². The Morgan fingerprint density at radius 1 is 1.30 bits per heavy atom. The van der Waals surface area contributed by atoms with E-state index in [1.54, 1.807) is 6.20 Å². The normalized spacial score (nSPS) is 29.3. The zero-order valence-corrected chi connectivity index (χ0v) is 17.8. The van der Waals surface area contributed by atoms with Crippen molar-refractivity contribution in [3.05, 3.63) is 53.7 Å². The first-order chi connectivity index (χ1) is 14.6. The second-order valence-electron chi connectivity index (χ2n) is 8.73. The molecule has 1 aromatic heterocycles. The van der Waals surface area contributed by atoms with E-state index in [4.69, 9.17) is 14.3 Å². The fraction of sp³-hybridized carbons (Fsp3) is 0.500. The third-order valence-corrected chi connectivity index (χ3v) is 6.70. The van der Waals surface area contributed by atoms with Gasteiger partial charge in [0.05, 0.1) is 0 Å². The van der Waals surface area contributed by atoms with Crippen molar-refractivity contribution in [3.8, 4) is 11.6 Å². The van der Waals surface area contributed by atoms with E-state index in [2.05, 4.69) is 53.3 Å². The second kappa shape index (κ2) is 8.74. The molecule has 4 atom stereocenters. The third-order valence-electron chi connectivity index (χ3n) is 6.70. The van der Waals surface area contributed by atoms with E-state index in [9.17, 15) is 0 Å². The summed E-state index contributed by atoms with van der Waals surface area (Å²) in [5.74, 6) is 1.31. The molecule has 162 valence electrons. The zero-order chi connectivity index (χ0) is 21.1. The lowest BCUT2D eigenvalue weighted by Crippen LogP contribution is -2.48. The maximum Gasteiger partial charge on any atom is 0.257 e. The van der Waals surface area contributed by atoms with Crippen LogP contribution in [0.25, 0.3) is 0 Å². The molecular weight excluding hydrogens is 378 g/mol. The molecular formula is C24H33N3O3. The molecule has 2 aliphatic heterocycles. The Labute approximate surface area is 180 Å². The number of hydrogen-bond acceptors (Lipinski definition) is 6. The quantitative estimate of drug-likeness (QED) is 0.811. The SMILES string of the molecule is C=O.CCNC1C[C@H]2CC1(C)CN2Cc1ccc(C2COc3cccnc3O2)cc1.[HH]. The van der Waals surface area contributed by atoms with Crippen molar-refractivity contribution in [3.63, 3.8) is 0 Å². The van der Waals surface area contributed by atoms with Crippen LogP contribution in [0.2, 0.25) is 0 Å². The Bertz CT molecular complexity index is 865. The van der Waals surface area contributed by atoms with Gasteiger partial charge in [-0.2, -0.15) is 0 Å². The number of nitrogens with one attached hydrogen (secondary N) is 1. The van der Waals surface area contributed by atoms with E-state index >= 15 is 0 Å². The summed E-state index contributed by atoms with van der Waals surface area (Å²) >= 11 is 0. The van der Waals surface area contributed by atoms with Crippen molar-refractivity contribution in [2.45, 2.75) is 51.4 Å². The molecule has 1 aromatic carbocycles. The van der Waals surface area contributed by atoms with Crippen LogP contribution in [0.15, 0.2) is 42.6 Å². The van der Waals surface area contributed by atoms with E-state index in [0.717, 1.165) is 24.4 Å². The molecule has 30 heavy (non-hydrogen) atoms. The Balaban J connectivity index is 0.000000883. The maximum atomic E-state index is 8.00. The van der Waals surface area contributed by atoms with Gasteiger partial charge in [-0.1, -0.05) is 38.1 Å². The predicted molar refractivity (Wildman–Crippen MR) is 118 cm³/mol. The Kier molecular flexibility index (Phi) is 6.06. The predicted octanol–water partition coefficient (Wildman–Crippen LogP) is 3.62. The van der Waals surface area contributed by atoms with Gasteiger partial charge in [0.1, 0.15) is 13.4 Å². The van der Waals surface area contributed by atoms with E-state index in [1.807, 2.05) is 18.9 Å². The monoisotopic (exact) mass is 411 g/mol. The second-order valence-corrected chi connectivity index (χ2v) is 8.73. The van der Waals surface area contributed by atoms with Crippen molar-refractivity contribution >= 4 is 6.79 Å². The lowest BCUT2D eigenvalue weighted by molar-refractivity contribution is -0.0979. The molecule has 3 heterocycles. The van der Waals surface area contributed by atoms with Gasteiger partial charge in [-0.3, -0.25) is 4.90 Å². The minimum Gasteiger partial charge on any atom is -0.484 e. The number of piperidine rings is 1. The van der Waals surface area contributed by atoms with Crippen LogP contribution in [0.1, 0.15) is 45.3 Å². The van der Waals surface area contributed by atoms with Crippen LogP contribution in [-0.4, -0.2) is 48.5 Å². The van der Waals surface area contributed by atoms with Gasteiger partial charge < -0.3 is 19.6 Å². The molecule has 0 radical (unpaired) electrons. The Hall–Kier alpha value is -2.44. The standard InChI is InChI=1S/C23H29N3O2.CH2O.H2/c1-3-24-21-11-18-12-23(21,2)15-26(18)13-16-6-8-17(9-7-16)20-14-27-19-5-4-10-25-22(19)28-20;1-2;/h4-10,18,20-21,24H,3,11-15H2,1-2H3;1H2;1H/t18-,20?,21?,23?;;/m0../s1. The van der Waals surface area contributed by atoms with E-state index in [-0.39, 0.29) is 7.53 Å². The summed E-state index contributed by atoms with van der Waals surface area (Å²) in [6.45, 7) is 10.5. The highest BCUT2D eigenvalue weighted by Gasteiger charge is 2.52. The van der Waals surface area contributed by atoms with Crippen LogP contribution >= 0.6 is 0 Å². The van der Waals surface area contributed by atoms with Crippen molar-refractivity contribution < 1.29 is 15.7 Å². The highest BCUT2D eigenvalue weighted by Crippen LogP contribution is 2.48. The molecule has 0 amide bonds. The number of pyridine rings is 1. The molecule has 2 bridgehead atoms. The van der Waals surface area contributed by atoms with Gasteiger partial charge in [-0.25, -0.2) is 4.98 Å². The number of carbonyl (C=O) groups is 1. The third kappa shape index (κ3) is 3.94. The van der Waals surface area contributed by atoms with Gasteiger partial charge in [-0.05, 0) is 48.1 Å². The summed E-state index contributed by atoms with van der Waals surface area (Å²) in [7, 11) is 0. The zero-order valence-electron chi connectivity index (χ0n) is 17.8. The van der Waals surface area contributed by atoms with Crippen LogP contribution < -0.4 is 14.8 Å². The highest BCUT2D eigenvalue weighted by atomic mass is 16.6. The number of ether oxygens (including phenoxy) is 2. The average Bonchev–Trinajstić information content (AvgIpc) is 3.28. The van der Waals surface area contributed by atoms with Gasteiger partial charge in [0.25, 0.3) is 5.88 Å². The maximum absolute atomic E-state index is 8.00. The number of carbonyl (C=O) groups excluding carboxylic acids is 1. The lowest BCUT2D eigenvalue weighted by Gasteiger charge is -2.37. The summed E-state index contributed by atoms with van der Waals surface area (Å²) < 4.78 is 11.8. The number of likely N-dealkylation sites (tertiary alicyclic amines) is 1. The Morgan fingerprint density at radius 3 is 2.80 bits per heavy atom. The number of rotatable bonds is 5. The molecule has 6 nitrogen and oxygen atoms in total. The number of hydrogen-bond donors (Lipinski definition) is 1. The fourth-order valence-corrected chi connectivity index (χ4v) is 5.27. The van der Waals surface area contributed by atoms with E-state index in [1.165, 1.54) is 24.9 Å². The number of fused-ring (bicyclic) bond motifs is 3. The van der Waals surface area contributed by atoms with Crippen LogP contribution in [0.4, 0.5) is 0 Å². The topological polar surface area (TPSA) is 63.7 Å². The summed E-state index contributed by atoms with van der Waals surface area (Å²) in [6, 6.07) is 14.0. The molecule has 2 fully saturated rings. The molecule has 2 aromatic rings.